The van der Waals surface area contributed by atoms with Gasteiger partial charge in [-0.15, -0.1) is 0 Å². The highest BCUT2D eigenvalue weighted by Gasteiger charge is 2.47. The van der Waals surface area contributed by atoms with Gasteiger partial charge in [-0.25, -0.2) is 0 Å². The minimum Gasteiger partial charge on any atom is -0.393 e. The summed E-state index contributed by atoms with van der Waals surface area (Å²) in [6.07, 6.45) is 2.01. The summed E-state index contributed by atoms with van der Waals surface area (Å²) >= 11 is 0. The average molecular weight is 300 g/mol. The molecule has 1 aromatic carbocycles. The Morgan fingerprint density at radius 3 is 2.50 bits per heavy atom. The fourth-order valence-corrected chi connectivity index (χ4v) is 3.40. The first-order valence-corrected chi connectivity index (χ1v) is 8.37. The maximum atomic E-state index is 11.1. The first-order chi connectivity index (χ1) is 9.42. The second-order valence-corrected chi connectivity index (χ2v) is 6.98. The number of hydrogen-bond donors (Lipinski definition) is 1. The highest BCUT2D eigenvalue weighted by Crippen LogP contribution is 2.41. The van der Waals surface area contributed by atoms with Crippen molar-refractivity contribution in [2.75, 3.05) is 19.5 Å². The van der Waals surface area contributed by atoms with Crippen LogP contribution in [0, 0.1) is 5.92 Å². The van der Waals surface area contributed by atoms with Crippen LogP contribution in [0.1, 0.15) is 18.4 Å². The summed E-state index contributed by atoms with van der Waals surface area (Å²) in [5, 5.41) is 9.29. The number of benzene rings is 1. The molecule has 1 saturated carbocycles. The Kier molecular flexibility index (Phi) is 4.80. The molecular weight excluding hydrogens is 280 g/mol. The third kappa shape index (κ3) is 4.28. The van der Waals surface area contributed by atoms with Crippen LogP contribution >= 0.6 is 0 Å². The van der Waals surface area contributed by atoms with Crippen molar-refractivity contribution in [1.82, 2.24) is 0 Å². The SMILES string of the molecule is CS(=O)(=O)OC1(CO)CC(COCc2ccccc2)C1. The van der Waals surface area contributed by atoms with Crippen molar-refractivity contribution in [2.24, 2.45) is 5.92 Å². The molecule has 0 amide bonds. The summed E-state index contributed by atoms with van der Waals surface area (Å²) in [5.41, 5.74) is 0.168. The standard InChI is InChI=1S/C14H20O5S/c1-20(16,17)19-14(11-15)7-13(8-14)10-18-9-12-5-3-2-4-6-12/h2-6,13,15H,7-11H2,1H3. The van der Waals surface area contributed by atoms with Crippen LogP contribution in [0.25, 0.3) is 0 Å². The van der Waals surface area contributed by atoms with E-state index in [1.165, 1.54) is 0 Å². The number of hydrogen-bond acceptors (Lipinski definition) is 5. The Labute approximate surface area is 119 Å². The van der Waals surface area contributed by atoms with E-state index in [1.807, 2.05) is 30.3 Å². The summed E-state index contributed by atoms with van der Waals surface area (Å²) in [7, 11) is -3.54. The Hall–Kier alpha value is -0.950. The molecule has 0 aromatic heterocycles. The third-order valence-electron chi connectivity index (χ3n) is 3.40. The van der Waals surface area contributed by atoms with Crippen LogP contribution < -0.4 is 0 Å². The number of ether oxygens (including phenoxy) is 1. The second-order valence-electron chi connectivity index (χ2n) is 5.40. The van der Waals surface area contributed by atoms with Gasteiger partial charge in [0.25, 0.3) is 10.1 Å². The molecule has 0 saturated heterocycles. The van der Waals surface area contributed by atoms with Crippen molar-refractivity contribution in [3.8, 4) is 0 Å². The van der Waals surface area contributed by atoms with Gasteiger partial charge in [0.1, 0.15) is 5.60 Å². The van der Waals surface area contributed by atoms with E-state index in [0.717, 1.165) is 11.8 Å². The first-order valence-electron chi connectivity index (χ1n) is 6.56. The van der Waals surface area contributed by atoms with Crippen LogP contribution in [0.4, 0.5) is 0 Å². The number of aliphatic hydroxyl groups excluding tert-OH is 1. The molecule has 1 aromatic rings. The Morgan fingerprint density at radius 1 is 1.30 bits per heavy atom. The van der Waals surface area contributed by atoms with E-state index in [2.05, 4.69) is 0 Å². The smallest absolute Gasteiger partial charge is 0.265 e. The van der Waals surface area contributed by atoms with E-state index in [-0.39, 0.29) is 12.5 Å². The Bertz CT molecular complexity index is 520. The summed E-state index contributed by atoms with van der Waals surface area (Å²) in [6, 6.07) is 9.85. The fourth-order valence-electron chi connectivity index (χ4n) is 2.57. The molecule has 1 N–H and O–H groups in total. The van der Waals surface area contributed by atoms with Crippen LogP contribution in [0.5, 0.6) is 0 Å². The summed E-state index contributed by atoms with van der Waals surface area (Å²) in [6.45, 7) is 0.801. The van der Waals surface area contributed by atoms with Crippen molar-refractivity contribution >= 4 is 10.1 Å². The topological polar surface area (TPSA) is 72.8 Å². The molecule has 0 aliphatic heterocycles. The number of rotatable bonds is 7. The average Bonchev–Trinajstić information content (AvgIpc) is 2.35. The fraction of sp³-hybridized carbons (Fsp3) is 0.571. The number of aliphatic hydroxyl groups is 1. The van der Waals surface area contributed by atoms with Gasteiger partial charge in [0.05, 0.1) is 26.1 Å². The monoisotopic (exact) mass is 300 g/mol. The van der Waals surface area contributed by atoms with Gasteiger partial charge in [-0.2, -0.15) is 8.42 Å². The molecule has 1 aliphatic carbocycles. The predicted octanol–water partition coefficient (Wildman–Crippen LogP) is 1.32. The van der Waals surface area contributed by atoms with Crippen LogP contribution in [0.15, 0.2) is 30.3 Å². The maximum Gasteiger partial charge on any atom is 0.265 e. The summed E-state index contributed by atoms with van der Waals surface area (Å²) in [4.78, 5) is 0. The van der Waals surface area contributed by atoms with E-state index in [9.17, 15) is 13.5 Å². The van der Waals surface area contributed by atoms with Gasteiger partial charge in [-0.3, -0.25) is 4.18 Å². The minimum atomic E-state index is -3.54. The van der Waals surface area contributed by atoms with E-state index in [0.29, 0.717) is 26.1 Å². The molecule has 1 fully saturated rings. The molecule has 0 heterocycles. The van der Waals surface area contributed by atoms with Gasteiger partial charge >= 0.3 is 0 Å². The van der Waals surface area contributed by atoms with Crippen molar-refractivity contribution in [1.29, 1.82) is 0 Å². The second kappa shape index (κ2) is 6.22. The molecule has 1 aliphatic rings. The van der Waals surface area contributed by atoms with Crippen molar-refractivity contribution < 1.29 is 22.4 Å². The lowest BCUT2D eigenvalue weighted by Gasteiger charge is -2.44. The van der Waals surface area contributed by atoms with Gasteiger partial charge in [0.2, 0.25) is 0 Å². The first kappa shape index (κ1) is 15.4. The molecular formula is C14H20O5S. The lowest BCUT2D eigenvalue weighted by atomic mass is 9.72. The highest BCUT2D eigenvalue weighted by molar-refractivity contribution is 7.86. The molecule has 0 radical (unpaired) electrons. The van der Waals surface area contributed by atoms with E-state index < -0.39 is 15.7 Å². The zero-order valence-electron chi connectivity index (χ0n) is 11.5. The van der Waals surface area contributed by atoms with Crippen LogP contribution in [-0.2, 0) is 25.6 Å². The minimum absolute atomic E-state index is 0.229. The van der Waals surface area contributed by atoms with Gasteiger partial charge in [-0.1, -0.05) is 30.3 Å². The zero-order chi connectivity index (χ0) is 14.6. The predicted molar refractivity (Wildman–Crippen MR) is 74.6 cm³/mol. The normalized spacial score (nSPS) is 26.2. The molecule has 0 atom stereocenters. The Balaban J connectivity index is 1.73. The van der Waals surface area contributed by atoms with E-state index in [1.54, 1.807) is 0 Å². The molecule has 2 rings (SSSR count). The lowest BCUT2D eigenvalue weighted by Crippen LogP contribution is -2.51. The molecule has 0 unspecified atom stereocenters. The molecule has 0 spiro atoms. The van der Waals surface area contributed by atoms with Gasteiger partial charge in [0, 0.05) is 0 Å². The molecule has 112 valence electrons. The van der Waals surface area contributed by atoms with Gasteiger partial charge in [-0.05, 0) is 24.3 Å². The van der Waals surface area contributed by atoms with Crippen molar-refractivity contribution in [3.63, 3.8) is 0 Å². The van der Waals surface area contributed by atoms with E-state index >= 15 is 0 Å². The largest absolute Gasteiger partial charge is 0.393 e. The molecule has 0 bridgehead atoms. The molecule has 20 heavy (non-hydrogen) atoms. The lowest BCUT2D eigenvalue weighted by molar-refractivity contribution is -0.103. The van der Waals surface area contributed by atoms with Gasteiger partial charge in [0.15, 0.2) is 0 Å². The summed E-state index contributed by atoms with van der Waals surface area (Å²) < 4.78 is 32.9. The third-order valence-corrected chi connectivity index (χ3v) is 4.06. The van der Waals surface area contributed by atoms with Gasteiger partial charge < -0.3 is 9.84 Å². The maximum absolute atomic E-state index is 11.1. The summed E-state index contributed by atoms with van der Waals surface area (Å²) in [5.74, 6) is 0.229. The quantitative estimate of drug-likeness (QED) is 0.769. The van der Waals surface area contributed by atoms with Crippen LogP contribution in [0.3, 0.4) is 0 Å². The molecule has 6 heteroatoms. The van der Waals surface area contributed by atoms with Crippen molar-refractivity contribution in [2.45, 2.75) is 25.0 Å². The van der Waals surface area contributed by atoms with Crippen molar-refractivity contribution in [3.05, 3.63) is 35.9 Å². The molecule has 5 nitrogen and oxygen atoms in total. The van der Waals surface area contributed by atoms with E-state index in [4.69, 9.17) is 8.92 Å². The van der Waals surface area contributed by atoms with Crippen LogP contribution in [-0.4, -0.2) is 38.6 Å². The van der Waals surface area contributed by atoms with Crippen LogP contribution in [0.2, 0.25) is 0 Å². The highest BCUT2D eigenvalue weighted by atomic mass is 32.2. The zero-order valence-corrected chi connectivity index (χ0v) is 12.3. The Morgan fingerprint density at radius 2 is 1.95 bits per heavy atom.